The van der Waals surface area contributed by atoms with Crippen LogP contribution in [0.15, 0.2) is 53.4 Å². The molecule has 130 valence electrons. The zero-order chi connectivity index (χ0) is 17.8. The molecule has 0 spiro atoms. The fourth-order valence-electron chi connectivity index (χ4n) is 2.84. The number of carbonyl (C=O) groups excluding carboxylic acids is 2. The van der Waals surface area contributed by atoms with Gasteiger partial charge in [-0.15, -0.1) is 11.8 Å². The highest BCUT2D eigenvalue weighted by Gasteiger charge is 2.26. The van der Waals surface area contributed by atoms with Gasteiger partial charge in [-0.05, 0) is 36.6 Å². The zero-order valence-corrected chi connectivity index (χ0v) is 15.5. The Hall–Kier alpha value is -1.98. The number of thioether (sulfide) groups is 1. The molecule has 2 aromatic carbocycles. The van der Waals surface area contributed by atoms with Gasteiger partial charge in [0.15, 0.2) is 0 Å². The highest BCUT2D eigenvalue weighted by atomic mass is 35.5. The van der Waals surface area contributed by atoms with Gasteiger partial charge in [-0.1, -0.05) is 29.8 Å². The van der Waals surface area contributed by atoms with Crippen LogP contribution in [0.25, 0.3) is 0 Å². The van der Waals surface area contributed by atoms with E-state index in [1.807, 2.05) is 48.7 Å². The lowest BCUT2D eigenvalue weighted by atomic mass is 10.1. The number of carbonyl (C=O) groups is 2. The number of nitrogens with zero attached hydrogens (tertiary/aromatic N) is 2. The highest BCUT2D eigenvalue weighted by Crippen LogP contribution is 2.24. The Morgan fingerprint density at radius 3 is 2.12 bits per heavy atom. The van der Waals surface area contributed by atoms with Crippen molar-refractivity contribution in [1.29, 1.82) is 0 Å². The van der Waals surface area contributed by atoms with Crippen molar-refractivity contribution in [2.45, 2.75) is 4.90 Å². The van der Waals surface area contributed by atoms with Gasteiger partial charge in [-0.25, -0.2) is 0 Å². The van der Waals surface area contributed by atoms with E-state index in [1.54, 1.807) is 27.6 Å². The largest absolute Gasteiger partial charge is 0.335 e. The van der Waals surface area contributed by atoms with E-state index in [0.29, 0.717) is 42.3 Å². The molecule has 2 aromatic rings. The fourth-order valence-corrected chi connectivity index (χ4v) is 3.48. The van der Waals surface area contributed by atoms with Crippen molar-refractivity contribution in [3.63, 3.8) is 0 Å². The molecule has 1 saturated heterocycles. The van der Waals surface area contributed by atoms with E-state index in [-0.39, 0.29) is 11.8 Å². The Kier molecular flexibility index (Phi) is 5.66. The van der Waals surface area contributed by atoms with E-state index in [2.05, 4.69) is 0 Å². The summed E-state index contributed by atoms with van der Waals surface area (Å²) in [5.41, 5.74) is 1.20. The molecule has 1 aliphatic rings. The van der Waals surface area contributed by atoms with Crippen molar-refractivity contribution < 1.29 is 9.59 Å². The highest BCUT2D eigenvalue weighted by molar-refractivity contribution is 7.98. The Morgan fingerprint density at radius 2 is 1.52 bits per heavy atom. The predicted octanol–water partition coefficient (Wildman–Crippen LogP) is 3.66. The van der Waals surface area contributed by atoms with Crippen LogP contribution in [0.5, 0.6) is 0 Å². The molecule has 0 aliphatic carbocycles. The molecular weight excluding hydrogens is 356 g/mol. The van der Waals surface area contributed by atoms with Crippen LogP contribution in [0.2, 0.25) is 5.02 Å². The van der Waals surface area contributed by atoms with Crippen LogP contribution < -0.4 is 0 Å². The quantitative estimate of drug-likeness (QED) is 0.770. The van der Waals surface area contributed by atoms with Gasteiger partial charge in [0.25, 0.3) is 11.8 Å². The summed E-state index contributed by atoms with van der Waals surface area (Å²) in [5.74, 6) is -0.0668. The van der Waals surface area contributed by atoms with Gasteiger partial charge in [-0.2, -0.15) is 0 Å². The zero-order valence-electron chi connectivity index (χ0n) is 13.9. The molecule has 1 heterocycles. The molecule has 25 heavy (non-hydrogen) atoms. The Bertz CT molecular complexity index is 774. The minimum atomic E-state index is -0.0762. The molecule has 0 radical (unpaired) electrons. The molecule has 1 aliphatic heterocycles. The number of rotatable bonds is 3. The summed E-state index contributed by atoms with van der Waals surface area (Å²) in [6.07, 6.45) is 1.96. The number of halogens is 1. The third-order valence-corrected chi connectivity index (χ3v) is 5.33. The van der Waals surface area contributed by atoms with E-state index in [4.69, 9.17) is 11.6 Å². The number of amides is 2. The summed E-state index contributed by atoms with van der Waals surface area (Å²) in [6, 6.07) is 14.7. The van der Waals surface area contributed by atoms with Gasteiger partial charge in [-0.3, -0.25) is 9.59 Å². The molecule has 0 N–H and O–H groups in total. The standard InChI is InChI=1S/C19H19ClN2O2S/c1-25-15-7-8-17(20)16(13-15)19(24)22-11-9-21(10-12-22)18(23)14-5-3-2-4-6-14/h2-8,13H,9-12H2,1H3. The van der Waals surface area contributed by atoms with Crippen LogP contribution in [-0.2, 0) is 0 Å². The molecule has 4 nitrogen and oxygen atoms in total. The maximum Gasteiger partial charge on any atom is 0.255 e. The summed E-state index contributed by atoms with van der Waals surface area (Å²) < 4.78 is 0. The van der Waals surface area contributed by atoms with E-state index in [9.17, 15) is 9.59 Å². The summed E-state index contributed by atoms with van der Waals surface area (Å²) in [6.45, 7) is 2.08. The first-order valence-corrected chi connectivity index (χ1v) is 9.67. The maximum absolute atomic E-state index is 12.8. The summed E-state index contributed by atoms with van der Waals surface area (Å²) >= 11 is 7.78. The van der Waals surface area contributed by atoms with Crippen molar-refractivity contribution in [1.82, 2.24) is 9.80 Å². The Balaban J connectivity index is 1.66. The average molecular weight is 375 g/mol. The van der Waals surface area contributed by atoms with Crippen molar-refractivity contribution in [3.05, 3.63) is 64.7 Å². The normalized spacial score (nSPS) is 14.5. The van der Waals surface area contributed by atoms with Crippen molar-refractivity contribution in [3.8, 4) is 0 Å². The van der Waals surface area contributed by atoms with E-state index in [0.717, 1.165) is 4.90 Å². The number of hydrogen-bond donors (Lipinski definition) is 0. The van der Waals surface area contributed by atoms with Gasteiger partial charge >= 0.3 is 0 Å². The maximum atomic E-state index is 12.8. The molecule has 0 saturated carbocycles. The van der Waals surface area contributed by atoms with Gasteiger partial charge in [0.1, 0.15) is 0 Å². The van der Waals surface area contributed by atoms with Gasteiger partial charge in [0.05, 0.1) is 10.6 Å². The van der Waals surface area contributed by atoms with Gasteiger partial charge < -0.3 is 9.80 Å². The van der Waals surface area contributed by atoms with Crippen LogP contribution in [-0.4, -0.2) is 54.0 Å². The minimum absolute atomic E-state index is 0.00936. The second-order valence-corrected chi connectivity index (χ2v) is 7.08. The topological polar surface area (TPSA) is 40.6 Å². The molecule has 1 fully saturated rings. The molecule has 6 heteroatoms. The van der Waals surface area contributed by atoms with Gasteiger partial charge in [0, 0.05) is 36.6 Å². The minimum Gasteiger partial charge on any atom is -0.335 e. The number of hydrogen-bond acceptors (Lipinski definition) is 3. The average Bonchev–Trinajstić information content (AvgIpc) is 2.68. The lowest BCUT2D eigenvalue weighted by Gasteiger charge is -2.35. The molecule has 3 rings (SSSR count). The van der Waals surface area contributed by atoms with E-state index < -0.39 is 0 Å². The Labute approximate surface area is 156 Å². The predicted molar refractivity (Wildman–Crippen MR) is 101 cm³/mol. The summed E-state index contributed by atoms with van der Waals surface area (Å²) in [4.78, 5) is 29.8. The number of piperazine rings is 1. The van der Waals surface area contributed by atoms with Gasteiger partial charge in [0.2, 0.25) is 0 Å². The van der Waals surface area contributed by atoms with Crippen molar-refractivity contribution in [2.24, 2.45) is 0 Å². The second-order valence-electron chi connectivity index (χ2n) is 5.80. The fraction of sp³-hybridized carbons (Fsp3) is 0.263. The van der Waals surface area contributed by atoms with Crippen LogP contribution >= 0.6 is 23.4 Å². The van der Waals surface area contributed by atoms with E-state index >= 15 is 0 Å². The monoisotopic (exact) mass is 374 g/mol. The SMILES string of the molecule is CSc1ccc(Cl)c(C(=O)N2CCN(C(=O)c3ccccc3)CC2)c1. The molecule has 2 amide bonds. The van der Waals surface area contributed by atoms with Crippen LogP contribution in [0, 0.1) is 0 Å². The van der Waals surface area contributed by atoms with Crippen LogP contribution in [0.4, 0.5) is 0 Å². The van der Waals surface area contributed by atoms with E-state index in [1.165, 1.54) is 0 Å². The van der Waals surface area contributed by atoms with Crippen molar-refractivity contribution in [2.75, 3.05) is 32.4 Å². The lowest BCUT2D eigenvalue weighted by Crippen LogP contribution is -2.50. The first kappa shape index (κ1) is 17.8. The molecular formula is C19H19ClN2O2S. The molecule has 0 bridgehead atoms. The Morgan fingerprint density at radius 1 is 0.920 bits per heavy atom. The second kappa shape index (κ2) is 7.93. The lowest BCUT2D eigenvalue weighted by molar-refractivity contribution is 0.0535. The smallest absolute Gasteiger partial charge is 0.255 e. The molecule has 0 unspecified atom stereocenters. The van der Waals surface area contributed by atoms with Crippen molar-refractivity contribution >= 4 is 35.2 Å². The first-order valence-electron chi connectivity index (χ1n) is 8.07. The molecule has 0 aromatic heterocycles. The third-order valence-electron chi connectivity index (χ3n) is 4.28. The molecule has 0 atom stereocenters. The summed E-state index contributed by atoms with van der Waals surface area (Å²) in [5, 5.41) is 0.464. The third kappa shape index (κ3) is 3.99. The first-order chi connectivity index (χ1) is 12.1. The number of benzene rings is 2. The van der Waals surface area contributed by atoms with Crippen LogP contribution in [0.1, 0.15) is 20.7 Å². The summed E-state index contributed by atoms with van der Waals surface area (Å²) in [7, 11) is 0. The van der Waals surface area contributed by atoms with Crippen LogP contribution in [0.3, 0.4) is 0 Å².